The van der Waals surface area contributed by atoms with Gasteiger partial charge in [-0.3, -0.25) is 0 Å². The van der Waals surface area contributed by atoms with E-state index < -0.39 is 6.09 Å². The lowest BCUT2D eigenvalue weighted by molar-refractivity contribution is 0.145. The van der Waals surface area contributed by atoms with Crippen molar-refractivity contribution in [3.63, 3.8) is 0 Å². The number of nitrogens with zero attached hydrogens (tertiary/aromatic N) is 1. The Bertz CT molecular complexity index is 720. The van der Waals surface area contributed by atoms with Gasteiger partial charge in [0.05, 0.1) is 0 Å². The highest BCUT2D eigenvalue weighted by Crippen LogP contribution is 2.46. The van der Waals surface area contributed by atoms with Crippen LogP contribution in [0.25, 0.3) is 11.1 Å². The molecule has 0 atom stereocenters. The van der Waals surface area contributed by atoms with Gasteiger partial charge in [-0.05, 0) is 35.1 Å². The molecular weight excluding hydrogens is 372 g/mol. The number of benzene rings is 2. The van der Waals surface area contributed by atoms with Crippen LogP contribution in [-0.2, 0) is 0 Å². The lowest BCUT2D eigenvalue weighted by Gasteiger charge is -2.18. The van der Waals surface area contributed by atoms with Crippen molar-refractivity contribution < 1.29 is 9.90 Å². The fourth-order valence-electron chi connectivity index (χ4n) is 4.21. The highest BCUT2D eigenvalue weighted by molar-refractivity contribution is 5.85. The zero-order valence-corrected chi connectivity index (χ0v) is 17.2. The Kier molecular flexibility index (Phi) is 8.81. The summed E-state index contributed by atoms with van der Waals surface area (Å²) < 4.78 is 0. The third-order valence-corrected chi connectivity index (χ3v) is 5.55. The van der Waals surface area contributed by atoms with Gasteiger partial charge in [0.2, 0.25) is 0 Å². The fourth-order valence-corrected chi connectivity index (χ4v) is 4.21. The van der Waals surface area contributed by atoms with Crippen LogP contribution in [0.2, 0.25) is 0 Å². The number of halogens is 1. The van der Waals surface area contributed by atoms with Gasteiger partial charge in [-0.2, -0.15) is 0 Å². The van der Waals surface area contributed by atoms with Crippen molar-refractivity contribution in [1.82, 2.24) is 4.90 Å². The van der Waals surface area contributed by atoms with Crippen LogP contribution in [0.4, 0.5) is 4.79 Å². The standard InChI is InChI=1S/C23H30N2O2.ClH/c24-15-17-25(23(26)27)16-9-3-1-2-4-10-18-19-11-5-7-13-21(19)22-14-8-6-12-20(18)22;/h5-8,11-14,18H,1-4,9-10,15-17,24H2,(H,26,27);1H. The van der Waals surface area contributed by atoms with E-state index in [0.29, 0.717) is 25.6 Å². The minimum absolute atomic E-state index is 0. The summed E-state index contributed by atoms with van der Waals surface area (Å²) in [6.45, 7) is 1.41. The first-order valence-electron chi connectivity index (χ1n) is 10.1. The van der Waals surface area contributed by atoms with E-state index in [1.165, 1.54) is 46.4 Å². The van der Waals surface area contributed by atoms with Gasteiger partial charge < -0.3 is 15.7 Å². The molecular formula is C23H31ClN2O2. The van der Waals surface area contributed by atoms with Crippen LogP contribution in [0.3, 0.4) is 0 Å². The molecule has 2 aromatic rings. The molecule has 0 bridgehead atoms. The van der Waals surface area contributed by atoms with Crippen molar-refractivity contribution in [3.05, 3.63) is 59.7 Å². The maximum absolute atomic E-state index is 11.1. The fraction of sp³-hybridized carbons (Fsp3) is 0.435. The summed E-state index contributed by atoms with van der Waals surface area (Å²) in [4.78, 5) is 12.5. The Morgan fingerprint density at radius 2 is 1.39 bits per heavy atom. The second kappa shape index (κ2) is 11.1. The van der Waals surface area contributed by atoms with E-state index in [2.05, 4.69) is 48.5 Å². The zero-order chi connectivity index (χ0) is 19.1. The minimum atomic E-state index is -0.862. The molecule has 3 N–H and O–H groups in total. The smallest absolute Gasteiger partial charge is 0.407 e. The number of amides is 1. The van der Waals surface area contributed by atoms with Crippen LogP contribution in [0.1, 0.15) is 55.6 Å². The van der Waals surface area contributed by atoms with Gasteiger partial charge in [0, 0.05) is 25.6 Å². The Labute approximate surface area is 174 Å². The summed E-state index contributed by atoms with van der Waals surface area (Å²) in [6, 6.07) is 17.6. The van der Waals surface area contributed by atoms with Gasteiger partial charge in [0.25, 0.3) is 0 Å². The molecule has 0 radical (unpaired) electrons. The topological polar surface area (TPSA) is 66.6 Å². The molecule has 152 valence electrons. The number of nitrogens with two attached hydrogens (primary N) is 1. The molecule has 0 unspecified atom stereocenters. The molecule has 2 aromatic carbocycles. The number of hydrogen-bond acceptors (Lipinski definition) is 2. The SMILES string of the molecule is Cl.NCCN(CCCCCCCC1c2ccccc2-c2ccccc21)C(=O)O. The van der Waals surface area contributed by atoms with Gasteiger partial charge in [-0.25, -0.2) is 4.79 Å². The average Bonchev–Trinajstić information content (AvgIpc) is 3.00. The van der Waals surface area contributed by atoms with Crippen molar-refractivity contribution in [2.45, 2.75) is 44.4 Å². The third-order valence-electron chi connectivity index (χ3n) is 5.55. The predicted molar refractivity (Wildman–Crippen MR) is 117 cm³/mol. The second-order valence-electron chi connectivity index (χ2n) is 7.34. The van der Waals surface area contributed by atoms with Crippen LogP contribution in [0.5, 0.6) is 0 Å². The lowest BCUT2D eigenvalue weighted by atomic mass is 9.91. The normalized spacial score (nSPS) is 12.2. The van der Waals surface area contributed by atoms with Gasteiger partial charge in [0.1, 0.15) is 0 Å². The first kappa shape index (κ1) is 22.3. The maximum atomic E-state index is 11.1. The van der Waals surface area contributed by atoms with E-state index in [9.17, 15) is 4.79 Å². The molecule has 0 aliphatic heterocycles. The number of carbonyl (C=O) groups is 1. The highest BCUT2D eigenvalue weighted by Gasteiger charge is 2.27. The van der Waals surface area contributed by atoms with Crippen LogP contribution >= 0.6 is 12.4 Å². The average molecular weight is 403 g/mol. The van der Waals surface area contributed by atoms with Gasteiger partial charge in [-0.15, -0.1) is 12.4 Å². The third kappa shape index (κ3) is 5.27. The number of fused-ring (bicyclic) bond motifs is 3. The van der Waals surface area contributed by atoms with E-state index in [1.54, 1.807) is 0 Å². The number of hydrogen-bond donors (Lipinski definition) is 2. The summed E-state index contributed by atoms with van der Waals surface area (Å²) in [5, 5.41) is 9.10. The van der Waals surface area contributed by atoms with Crippen molar-refractivity contribution >= 4 is 18.5 Å². The van der Waals surface area contributed by atoms with Gasteiger partial charge in [-0.1, -0.05) is 74.2 Å². The first-order valence-corrected chi connectivity index (χ1v) is 10.1. The van der Waals surface area contributed by atoms with Gasteiger partial charge >= 0.3 is 6.09 Å². The summed E-state index contributed by atoms with van der Waals surface area (Å²) in [7, 11) is 0. The van der Waals surface area contributed by atoms with E-state index in [1.807, 2.05) is 0 Å². The summed E-state index contributed by atoms with van der Waals surface area (Å²) in [5.74, 6) is 0.518. The van der Waals surface area contributed by atoms with Crippen molar-refractivity contribution in [3.8, 4) is 11.1 Å². The first-order chi connectivity index (χ1) is 13.2. The molecule has 1 amide bonds. The van der Waals surface area contributed by atoms with E-state index in [0.717, 1.165) is 19.3 Å². The van der Waals surface area contributed by atoms with Crippen LogP contribution in [0, 0.1) is 0 Å². The molecule has 0 saturated heterocycles. The van der Waals surface area contributed by atoms with E-state index >= 15 is 0 Å². The molecule has 0 heterocycles. The summed E-state index contributed by atoms with van der Waals surface area (Å²) >= 11 is 0. The molecule has 5 heteroatoms. The maximum Gasteiger partial charge on any atom is 0.407 e. The van der Waals surface area contributed by atoms with Gasteiger partial charge in [0.15, 0.2) is 0 Å². The Morgan fingerprint density at radius 1 is 0.857 bits per heavy atom. The molecule has 28 heavy (non-hydrogen) atoms. The molecule has 0 spiro atoms. The van der Waals surface area contributed by atoms with Crippen molar-refractivity contribution in [1.29, 1.82) is 0 Å². The monoisotopic (exact) mass is 402 g/mol. The molecule has 1 aliphatic carbocycles. The van der Waals surface area contributed by atoms with E-state index in [4.69, 9.17) is 10.8 Å². The number of carboxylic acid groups (broad SMARTS) is 1. The van der Waals surface area contributed by atoms with Crippen LogP contribution < -0.4 is 5.73 Å². The van der Waals surface area contributed by atoms with Crippen molar-refractivity contribution in [2.75, 3.05) is 19.6 Å². The summed E-state index contributed by atoms with van der Waals surface area (Å²) in [5.41, 5.74) is 11.2. The molecule has 0 aromatic heterocycles. The minimum Gasteiger partial charge on any atom is -0.465 e. The Morgan fingerprint density at radius 3 is 1.96 bits per heavy atom. The molecule has 3 rings (SSSR count). The largest absolute Gasteiger partial charge is 0.465 e. The number of unbranched alkanes of at least 4 members (excludes halogenated alkanes) is 4. The quantitative estimate of drug-likeness (QED) is 0.515. The molecule has 0 saturated carbocycles. The van der Waals surface area contributed by atoms with E-state index in [-0.39, 0.29) is 12.4 Å². The summed E-state index contributed by atoms with van der Waals surface area (Å²) in [6.07, 6.45) is 5.88. The second-order valence-corrected chi connectivity index (χ2v) is 7.34. The number of rotatable bonds is 10. The lowest BCUT2D eigenvalue weighted by Crippen LogP contribution is -2.34. The molecule has 4 nitrogen and oxygen atoms in total. The predicted octanol–water partition coefficient (Wildman–Crippen LogP) is 5.50. The molecule has 1 aliphatic rings. The zero-order valence-electron chi connectivity index (χ0n) is 16.3. The highest BCUT2D eigenvalue weighted by atomic mass is 35.5. The molecule has 0 fully saturated rings. The Balaban J connectivity index is 0.00000280. The van der Waals surface area contributed by atoms with Crippen molar-refractivity contribution in [2.24, 2.45) is 5.73 Å². The van der Waals surface area contributed by atoms with Crippen LogP contribution in [-0.4, -0.2) is 35.7 Å². The van der Waals surface area contributed by atoms with Crippen LogP contribution in [0.15, 0.2) is 48.5 Å². The Hall–Kier alpha value is -2.04.